The minimum Gasteiger partial charge on any atom is -0.366 e. The molecule has 0 radical (unpaired) electrons. The molecule has 0 unspecified atom stereocenters. The van der Waals surface area contributed by atoms with Gasteiger partial charge in [0.1, 0.15) is 0 Å². The SMILES string of the molecule is CC1(C)CCC(O)(O)CC1. The third-order valence-corrected chi connectivity index (χ3v) is 2.40. The quantitative estimate of drug-likeness (QED) is 0.502. The van der Waals surface area contributed by atoms with Crippen LogP contribution in [-0.4, -0.2) is 16.0 Å². The van der Waals surface area contributed by atoms with Crippen molar-refractivity contribution in [1.29, 1.82) is 0 Å². The van der Waals surface area contributed by atoms with Gasteiger partial charge >= 0.3 is 0 Å². The van der Waals surface area contributed by atoms with Crippen LogP contribution in [0.25, 0.3) is 0 Å². The summed E-state index contributed by atoms with van der Waals surface area (Å²) in [5.41, 5.74) is 0.314. The second-order valence-corrected chi connectivity index (χ2v) is 4.15. The van der Waals surface area contributed by atoms with Gasteiger partial charge in [-0.15, -0.1) is 0 Å². The molecular weight excluding hydrogens is 128 g/mol. The molecule has 0 amide bonds. The average molecular weight is 144 g/mol. The lowest BCUT2D eigenvalue weighted by Gasteiger charge is -2.36. The van der Waals surface area contributed by atoms with Crippen LogP contribution >= 0.6 is 0 Å². The Bertz CT molecular complexity index is 99.2. The van der Waals surface area contributed by atoms with Gasteiger partial charge in [0.15, 0.2) is 5.79 Å². The first kappa shape index (κ1) is 8.02. The highest BCUT2D eigenvalue weighted by molar-refractivity contribution is 4.81. The molecule has 0 aliphatic heterocycles. The Morgan fingerprint density at radius 3 is 1.60 bits per heavy atom. The van der Waals surface area contributed by atoms with Crippen LogP contribution in [0.1, 0.15) is 39.5 Å². The summed E-state index contributed by atoms with van der Waals surface area (Å²) in [6.07, 6.45) is 2.89. The van der Waals surface area contributed by atoms with Gasteiger partial charge in [0.25, 0.3) is 0 Å². The fourth-order valence-corrected chi connectivity index (χ4v) is 1.33. The van der Waals surface area contributed by atoms with Crippen molar-refractivity contribution < 1.29 is 10.2 Å². The zero-order chi connectivity index (χ0) is 7.83. The highest BCUT2D eigenvalue weighted by Crippen LogP contribution is 2.38. The van der Waals surface area contributed by atoms with Crippen LogP contribution < -0.4 is 0 Å². The summed E-state index contributed by atoms with van der Waals surface area (Å²) in [4.78, 5) is 0. The Hall–Kier alpha value is -0.0800. The van der Waals surface area contributed by atoms with Gasteiger partial charge in [-0.25, -0.2) is 0 Å². The lowest BCUT2D eigenvalue weighted by molar-refractivity contribution is -0.192. The summed E-state index contributed by atoms with van der Waals surface area (Å²) in [6, 6.07) is 0. The van der Waals surface area contributed by atoms with Gasteiger partial charge in [-0.3, -0.25) is 0 Å². The second-order valence-electron chi connectivity index (χ2n) is 4.15. The fraction of sp³-hybridized carbons (Fsp3) is 1.00. The van der Waals surface area contributed by atoms with Crippen LogP contribution in [0.15, 0.2) is 0 Å². The van der Waals surface area contributed by atoms with Crippen LogP contribution in [0.5, 0.6) is 0 Å². The molecule has 2 heteroatoms. The number of hydrogen-bond acceptors (Lipinski definition) is 2. The van der Waals surface area contributed by atoms with Gasteiger partial charge in [0.05, 0.1) is 0 Å². The smallest absolute Gasteiger partial charge is 0.162 e. The van der Waals surface area contributed by atoms with Crippen molar-refractivity contribution in [2.45, 2.75) is 45.3 Å². The molecule has 0 bridgehead atoms. The molecule has 0 spiro atoms. The van der Waals surface area contributed by atoms with E-state index in [0.29, 0.717) is 18.3 Å². The lowest BCUT2D eigenvalue weighted by Crippen LogP contribution is -2.36. The Kier molecular flexibility index (Phi) is 1.77. The van der Waals surface area contributed by atoms with Crippen molar-refractivity contribution in [2.24, 2.45) is 5.41 Å². The van der Waals surface area contributed by atoms with Crippen LogP contribution in [0.2, 0.25) is 0 Å². The Morgan fingerprint density at radius 1 is 0.900 bits per heavy atom. The van der Waals surface area contributed by atoms with Gasteiger partial charge in [0, 0.05) is 12.8 Å². The maximum atomic E-state index is 9.16. The predicted molar refractivity (Wildman–Crippen MR) is 39.4 cm³/mol. The summed E-state index contributed by atoms with van der Waals surface area (Å²) in [5, 5.41) is 18.3. The Balaban J connectivity index is 2.46. The van der Waals surface area contributed by atoms with E-state index < -0.39 is 5.79 Å². The van der Waals surface area contributed by atoms with Gasteiger partial charge in [-0.1, -0.05) is 13.8 Å². The minimum absolute atomic E-state index is 0.314. The molecule has 1 aliphatic rings. The van der Waals surface area contributed by atoms with Crippen LogP contribution in [0.4, 0.5) is 0 Å². The molecule has 2 N–H and O–H groups in total. The van der Waals surface area contributed by atoms with E-state index in [9.17, 15) is 0 Å². The predicted octanol–water partition coefficient (Wildman–Crippen LogP) is 1.27. The molecule has 1 saturated carbocycles. The van der Waals surface area contributed by atoms with Crippen LogP contribution in [0, 0.1) is 5.41 Å². The van der Waals surface area contributed by atoms with E-state index >= 15 is 0 Å². The second kappa shape index (κ2) is 2.21. The zero-order valence-electron chi connectivity index (χ0n) is 6.72. The van der Waals surface area contributed by atoms with Crippen molar-refractivity contribution in [3.63, 3.8) is 0 Å². The number of rotatable bonds is 0. The van der Waals surface area contributed by atoms with Gasteiger partial charge in [-0.05, 0) is 18.3 Å². The summed E-state index contributed by atoms with van der Waals surface area (Å²) < 4.78 is 0. The normalized spacial score (nSPS) is 30.0. The first-order valence-corrected chi connectivity index (χ1v) is 3.86. The Labute approximate surface area is 61.9 Å². The molecule has 0 aromatic carbocycles. The Morgan fingerprint density at radius 2 is 1.30 bits per heavy atom. The topological polar surface area (TPSA) is 40.5 Å². The molecule has 1 fully saturated rings. The van der Waals surface area contributed by atoms with Crippen LogP contribution in [-0.2, 0) is 0 Å². The largest absolute Gasteiger partial charge is 0.366 e. The van der Waals surface area contributed by atoms with E-state index in [1.807, 2.05) is 0 Å². The molecule has 0 heterocycles. The van der Waals surface area contributed by atoms with Crippen molar-refractivity contribution in [1.82, 2.24) is 0 Å². The lowest BCUT2D eigenvalue weighted by atomic mass is 9.75. The van der Waals surface area contributed by atoms with Crippen molar-refractivity contribution in [3.05, 3.63) is 0 Å². The summed E-state index contributed by atoms with van der Waals surface area (Å²) in [5.74, 6) is -1.37. The molecule has 0 aromatic heterocycles. The highest BCUT2D eigenvalue weighted by Gasteiger charge is 2.34. The van der Waals surface area contributed by atoms with E-state index in [4.69, 9.17) is 10.2 Å². The first-order chi connectivity index (χ1) is 4.41. The summed E-state index contributed by atoms with van der Waals surface area (Å²) in [6.45, 7) is 4.34. The molecule has 0 atom stereocenters. The molecule has 0 saturated heterocycles. The molecular formula is C8H16O2. The third-order valence-electron chi connectivity index (χ3n) is 2.40. The van der Waals surface area contributed by atoms with Gasteiger partial charge in [-0.2, -0.15) is 0 Å². The molecule has 1 rings (SSSR count). The molecule has 10 heavy (non-hydrogen) atoms. The molecule has 0 aromatic rings. The molecule has 2 nitrogen and oxygen atoms in total. The van der Waals surface area contributed by atoms with Crippen LogP contribution in [0.3, 0.4) is 0 Å². The average Bonchev–Trinajstić information content (AvgIpc) is 1.79. The molecule has 60 valence electrons. The van der Waals surface area contributed by atoms with E-state index in [-0.39, 0.29) is 0 Å². The van der Waals surface area contributed by atoms with Crippen molar-refractivity contribution >= 4 is 0 Å². The maximum absolute atomic E-state index is 9.16. The minimum atomic E-state index is -1.37. The highest BCUT2D eigenvalue weighted by atomic mass is 16.5. The maximum Gasteiger partial charge on any atom is 0.162 e. The summed E-state index contributed by atoms with van der Waals surface area (Å²) in [7, 11) is 0. The van der Waals surface area contributed by atoms with Gasteiger partial charge < -0.3 is 10.2 Å². The third kappa shape index (κ3) is 1.96. The standard InChI is InChI=1S/C8H16O2/c1-7(2)3-5-8(9,10)6-4-7/h9-10H,3-6H2,1-2H3. The van der Waals surface area contributed by atoms with E-state index in [1.54, 1.807) is 0 Å². The first-order valence-electron chi connectivity index (χ1n) is 3.86. The zero-order valence-corrected chi connectivity index (χ0v) is 6.72. The van der Waals surface area contributed by atoms with E-state index in [1.165, 1.54) is 0 Å². The van der Waals surface area contributed by atoms with Crippen molar-refractivity contribution in [2.75, 3.05) is 0 Å². The van der Waals surface area contributed by atoms with E-state index in [2.05, 4.69) is 13.8 Å². The summed E-state index contributed by atoms with van der Waals surface area (Å²) >= 11 is 0. The number of aliphatic hydroxyl groups is 2. The van der Waals surface area contributed by atoms with Gasteiger partial charge in [0.2, 0.25) is 0 Å². The van der Waals surface area contributed by atoms with Crippen molar-refractivity contribution in [3.8, 4) is 0 Å². The number of hydrogen-bond donors (Lipinski definition) is 2. The monoisotopic (exact) mass is 144 g/mol. The molecule has 1 aliphatic carbocycles. The fourth-order valence-electron chi connectivity index (χ4n) is 1.33. The van der Waals surface area contributed by atoms with E-state index in [0.717, 1.165) is 12.8 Å².